The Bertz CT molecular complexity index is 167. The van der Waals surface area contributed by atoms with Gasteiger partial charge in [0.15, 0.2) is 0 Å². The van der Waals surface area contributed by atoms with Gasteiger partial charge in [-0.15, -0.1) is 5.56 Å². The molecule has 0 heterocycles. The summed E-state index contributed by atoms with van der Waals surface area (Å²) in [6.07, 6.45) is 0. The molecule has 0 saturated carbocycles. The summed E-state index contributed by atoms with van der Waals surface area (Å²) in [4.78, 5) is 0. The molecule has 0 unspecified atom stereocenters. The fraction of sp³-hybridized carbons (Fsp3) is 0.250. The van der Waals surface area contributed by atoms with Crippen LogP contribution >= 0.6 is 13.6 Å². The Morgan fingerprint density at radius 1 is 1.64 bits per heavy atom. The Balaban J connectivity index is 0.000000461. The second-order valence-electron chi connectivity index (χ2n) is 1.84. The molecule has 0 aromatic heterocycles. The van der Waals surface area contributed by atoms with E-state index in [-0.39, 0.29) is 0 Å². The third-order valence-electron chi connectivity index (χ3n) is 1.08. The summed E-state index contributed by atoms with van der Waals surface area (Å²) in [5, 5.41) is 0. The second kappa shape index (κ2) is 8.38. The van der Waals surface area contributed by atoms with E-state index in [1.807, 2.05) is 24.3 Å². The van der Waals surface area contributed by atoms with Crippen molar-refractivity contribution in [1.82, 2.24) is 0 Å². The van der Waals surface area contributed by atoms with E-state index in [9.17, 15) is 0 Å². The van der Waals surface area contributed by atoms with Gasteiger partial charge < -0.3 is 4.74 Å². The van der Waals surface area contributed by atoms with Gasteiger partial charge in [0.25, 0.3) is 0 Å². The summed E-state index contributed by atoms with van der Waals surface area (Å²) in [5.74, 6) is 0. The van der Waals surface area contributed by atoms with Crippen LogP contribution in [0.1, 0.15) is 5.56 Å². The molecule has 0 spiro atoms. The molecule has 0 atom stereocenters. The summed E-state index contributed by atoms with van der Waals surface area (Å²) in [6.45, 7) is 0.678. The Morgan fingerprint density at radius 3 is 2.82 bits per heavy atom. The molecular weight excluding hydrogens is 257 g/mol. The molecule has 1 aromatic carbocycles. The van der Waals surface area contributed by atoms with Gasteiger partial charge >= 0.3 is 30.0 Å². The summed E-state index contributed by atoms with van der Waals surface area (Å²) >= 11 is 4.25. The van der Waals surface area contributed by atoms with Crippen molar-refractivity contribution in [3.05, 3.63) is 35.9 Å². The van der Waals surface area contributed by atoms with E-state index in [2.05, 4.69) is 19.7 Å². The maximum atomic E-state index is 4.91. The molecule has 11 heavy (non-hydrogen) atoms. The van der Waals surface area contributed by atoms with E-state index < -0.39 is 0 Å². The summed E-state index contributed by atoms with van der Waals surface area (Å²) < 4.78 is 4.91. The van der Waals surface area contributed by atoms with Gasteiger partial charge in [0.1, 0.15) is 0 Å². The van der Waals surface area contributed by atoms with E-state index in [1.54, 1.807) is 7.11 Å². The average molecular weight is 266 g/mol. The van der Waals surface area contributed by atoms with Gasteiger partial charge in [-0.05, 0) is 0 Å². The number of methoxy groups -OCH3 is 1. The number of ether oxygens (including phenoxy) is 1. The first-order chi connectivity index (χ1) is 5.43. The number of hydrogen-bond donors (Lipinski definition) is 0. The van der Waals surface area contributed by atoms with Gasteiger partial charge in [0.05, 0.1) is 0 Å². The van der Waals surface area contributed by atoms with Crippen molar-refractivity contribution in [3.8, 4) is 0 Å². The number of hydrogen-bond acceptors (Lipinski definition) is 1. The Kier molecular flexibility index (Phi) is 8.60. The molecule has 1 nitrogen and oxygen atoms in total. The first-order valence-electron chi connectivity index (χ1n) is 3.14. The molecule has 1 rings (SSSR count). The number of rotatable bonds is 2. The molecule has 1 aromatic rings. The average Bonchev–Trinajstić information content (AvgIpc) is 2.11. The van der Waals surface area contributed by atoms with Crippen molar-refractivity contribution in [1.29, 1.82) is 0 Å². The van der Waals surface area contributed by atoms with Gasteiger partial charge in [0, 0.05) is 13.7 Å². The molecule has 0 aliphatic carbocycles. The van der Waals surface area contributed by atoms with Gasteiger partial charge in [-0.2, -0.15) is 30.3 Å². The monoisotopic (exact) mass is 264 g/mol. The van der Waals surface area contributed by atoms with Gasteiger partial charge in [-0.25, -0.2) is 0 Å². The fourth-order valence-corrected chi connectivity index (χ4v) is 0.687. The zero-order valence-electron chi connectivity index (χ0n) is 6.51. The van der Waals surface area contributed by atoms with Crippen LogP contribution in [0.4, 0.5) is 0 Å². The predicted molar refractivity (Wildman–Crippen MR) is 44.9 cm³/mol. The molecule has 0 radical (unpaired) electrons. The molecule has 0 amide bonds. The normalized spacial score (nSPS) is 8.36. The van der Waals surface area contributed by atoms with Crippen LogP contribution in [-0.2, 0) is 27.7 Å². The topological polar surface area (TPSA) is 9.23 Å². The SMILES string of the molecule is COCc1c[c-]ccc1.[Zn+][Br]. The van der Waals surface area contributed by atoms with Crippen molar-refractivity contribution in [2.45, 2.75) is 6.61 Å². The van der Waals surface area contributed by atoms with Crippen LogP contribution in [0.3, 0.4) is 0 Å². The fourth-order valence-electron chi connectivity index (χ4n) is 0.687. The Labute approximate surface area is 84.2 Å². The van der Waals surface area contributed by atoms with Crippen molar-refractivity contribution >= 4 is 13.6 Å². The van der Waals surface area contributed by atoms with Gasteiger partial charge in [-0.3, -0.25) is 0 Å². The van der Waals surface area contributed by atoms with Crippen molar-refractivity contribution < 1.29 is 21.1 Å². The molecule has 0 aliphatic heterocycles. The molecule has 56 valence electrons. The van der Waals surface area contributed by atoms with E-state index in [4.69, 9.17) is 4.74 Å². The van der Waals surface area contributed by atoms with Gasteiger partial charge in [0.2, 0.25) is 0 Å². The zero-order chi connectivity index (χ0) is 8.53. The number of benzene rings is 1. The predicted octanol–water partition coefficient (Wildman–Crippen LogP) is 2.48. The summed E-state index contributed by atoms with van der Waals surface area (Å²) in [5.41, 5.74) is 1.17. The van der Waals surface area contributed by atoms with Crippen LogP contribution in [0.2, 0.25) is 0 Å². The Hall–Kier alpha value is 0.283. The maximum absolute atomic E-state index is 4.91. The van der Waals surface area contributed by atoms with Crippen LogP contribution in [0.25, 0.3) is 0 Å². The standard InChI is InChI=1S/C8H9O.BrH.Zn/c1-9-7-8-5-3-2-4-6-8;;/h2-3,5-6H,7H2,1H3;1H;/q-1;;+2/p-1. The molecule has 0 saturated heterocycles. The van der Waals surface area contributed by atoms with Crippen LogP contribution < -0.4 is 0 Å². The molecule has 3 heteroatoms. The van der Waals surface area contributed by atoms with Crippen molar-refractivity contribution in [2.75, 3.05) is 7.11 Å². The second-order valence-corrected chi connectivity index (χ2v) is 1.84. The van der Waals surface area contributed by atoms with E-state index >= 15 is 0 Å². The van der Waals surface area contributed by atoms with E-state index in [0.29, 0.717) is 6.61 Å². The van der Waals surface area contributed by atoms with Gasteiger partial charge in [-0.1, -0.05) is 0 Å². The van der Waals surface area contributed by atoms with Crippen LogP contribution in [0.15, 0.2) is 24.3 Å². The van der Waals surface area contributed by atoms with E-state index in [0.717, 1.165) is 0 Å². The first kappa shape index (κ1) is 11.3. The van der Waals surface area contributed by atoms with Crippen molar-refractivity contribution in [2.24, 2.45) is 0 Å². The summed E-state index contributed by atoms with van der Waals surface area (Å²) in [7, 11) is 1.69. The molecular formula is C8H9BrOZn. The molecule has 0 aliphatic rings. The minimum absolute atomic E-state index is 0.678. The van der Waals surface area contributed by atoms with Crippen LogP contribution in [-0.4, -0.2) is 7.11 Å². The third-order valence-corrected chi connectivity index (χ3v) is 1.08. The van der Waals surface area contributed by atoms with E-state index in [1.165, 1.54) is 21.9 Å². The minimum atomic E-state index is 0.678. The third kappa shape index (κ3) is 5.54. The Morgan fingerprint density at radius 2 is 2.36 bits per heavy atom. The molecule has 0 fully saturated rings. The van der Waals surface area contributed by atoms with Crippen LogP contribution in [0.5, 0.6) is 0 Å². The summed E-state index contributed by atoms with van der Waals surface area (Å²) in [6, 6.07) is 10.7. The first-order valence-corrected chi connectivity index (χ1v) is 10.1. The van der Waals surface area contributed by atoms with Crippen LogP contribution in [0, 0.1) is 6.07 Å². The van der Waals surface area contributed by atoms with Crippen molar-refractivity contribution in [3.63, 3.8) is 0 Å². The quantitative estimate of drug-likeness (QED) is 0.590. The number of halogens is 1. The molecule has 0 N–H and O–H groups in total. The molecule has 0 bridgehead atoms. The zero-order valence-corrected chi connectivity index (χ0v) is 11.1.